The molecule has 4 rings (SSSR count). The summed E-state index contributed by atoms with van der Waals surface area (Å²) in [6.07, 6.45) is 1.77. The van der Waals surface area contributed by atoms with Crippen LogP contribution in [0.2, 0.25) is 5.02 Å². The first kappa shape index (κ1) is 23.0. The highest BCUT2D eigenvalue weighted by atomic mass is 35.5. The number of nitro groups is 1. The third kappa shape index (κ3) is 5.60. The van der Waals surface area contributed by atoms with Crippen LogP contribution in [-0.4, -0.2) is 20.6 Å². The number of carbonyl (C=O) groups is 1. The number of nitrogens with one attached hydrogen (secondary N) is 1. The molecule has 3 aromatic carbocycles. The maximum Gasteiger partial charge on any atom is 0.272 e. The minimum Gasteiger partial charge on any atom is -0.489 e. The molecule has 0 radical (unpaired) electrons. The number of amides is 1. The van der Waals surface area contributed by atoms with E-state index in [9.17, 15) is 14.9 Å². The maximum absolute atomic E-state index is 12.7. The van der Waals surface area contributed by atoms with Crippen LogP contribution in [0.15, 0.2) is 79.0 Å². The lowest BCUT2D eigenvalue weighted by Crippen LogP contribution is -2.13. The zero-order valence-corrected chi connectivity index (χ0v) is 19.0. The summed E-state index contributed by atoms with van der Waals surface area (Å²) in [5, 5.41) is 18.8. The first-order valence-electron chi connectivity index (χ1n) is 10.4. The monoisotopic (exact) mass is 476 g/mol. The number of rotatable bonds is 8. The van der Waals surface area contributed by atoms with Gasteiger partial charge in [0.05, 0.1) is 11.5 Å². The van der Waals surface area contributed by atoms with Crippen molar-refractivity contribution in [1.82, 2.24) is 9.78 Å². The fraction of sp³-hybridized carbons (Fsp3) is 0.120. The van der Waals surface area contributed by atoms with E-state index >= 15 is 0 Å². The lowest BCUT2D eigenvalue weighted by atomic mass is 10.1. The Kier molecular flexibility index (Phi) is 6.89. The van der Waals surface area contributed by atoms with Gasteiger partial charge in [-0.3, -0.25) is 19.6 Å². The number of ether oxygens (including phenoxy) is 1. The molecule has 0 bridgehead atoms. The van der Waals surface area contributed by atoms with Crippen molar-refractivity contribution in [2.45, 2.75) is 20.1 Å². The molecule has 1 amide bonds. The first-order valence-corrected chi connectivity index (χ1v) is 10.8. The van der Waals surface area contributed by atoms with Gasteiger partial charge in [0, 0.05) is 34.5 Å². The minimum atomic E-state index is -0.429. The molecule has 0 aliphatic carbocycles. The van der Waals surface area contributed by atoms with Crippen molar-refractivity contribution >= 4 is 29.0 Å². The second kappa shape index (κ2) is 10.2. The number of nitro benzene ring substituents is 1. The van der Waals surface area contributed by atoms with E-state index in [2.05, 4.69) is 10.4 Å². The zero-order chi connectivity index (χ0) is 24.1. The second-order valence-electron chi connectivity index (χ2n) is 7.64. The third-order valence-electron chi connectivity index (χ3n) is 5.13. The Morgan fingerprint density at radius 3 is 2.71 bits per heavy atom. The highest BCUT2D eigenvalue weighted by molar-refractivity contribution is 6.31. The maximum atomic E-state index is 12.7. The number of benzene rings is 3. The van der Waals surface area contributed by atoms with Crippen molar-refractivity contribution in [1.29, 1.82) is 0 Å². The fourth-order valence-electron chi connectivity index (χ4n) is 3.40. The van der Waals surface area contributed by atoms with Crippen LogP contribution in [0.5, 0.6) is 5.75 Å². The number of nitrogens with zero attached hydrogens (tertiary/aromatic N) is 3. The molecule has 34 heavy (non-hydrogen) atoms. The normalized spacial score (nSPS) is 10.6. The summed E-state index contributed by atoms with van der Waals surface area (Å²) in [6.45, 7) is 2.36. The third-order valence-corrected chi connectivity index (χ3v) is 5.50. The van der Waals surface area contributed by atoms with E-state index in [-0.39, 0.29) is 18.2 Å². The van der Waals surface area contributed by atoms with Crippen LogP contribution < -0.4 is 10.1 Å². The van der Waals surface area contributed by atoms with E-state index in [0.29, 0.717) is 34.3 Å². The second-order valence-corrected chi connectivity index (χ2v) is 8.05. The van der Waals surface area contributed by atoms with Crippen LogP contribution in [0.25, 0.3) is 0 Å². The molecule has 9 heteroatoms. The predicted octanol–water partition coefficient (Wildman–Crippen LogP) is 5.63. The summed E-state index contributed by atoms with van der Waals surface area (Å²) in [5.41, 5.74) is 2.74. The summed E-state index contributed by atoms with van der Waals surface area (Å²) in [7, 11) is 0. The van der Waals surface area contributed by atoms with Gasteiger partial charge in [-0.05, 0) is 48.4 Å². The highest BCUT2D eigenvalue weighted by Gasteiger charge is 2.12. The molecule has 4 aromatic rings. The molecule has 0 aliphatic heterocycles. The number of carbonyl (C=O) groups excluding carboxylic acids is 1. The van der Waals surface area contributed by atoms with Gasteiger partial charge in [0.25, 0.3) is 11.6 Å². The molecule has 0 saturated heterocycles. The molecular formula is C25H21ClN4O4. The lowest BCUT2D eigenvalue weighted by molar-refractivity contribution is -0.385. The number of aryl methyl sites for hydroxylation is 1. The number of hydrogen-bond acceptors (Lipinski definition) is 5. The Morgan fingerprint density at radius 2 is 1.94 bits per heavy atom. The highest BCUT2D eigenvalue weighted by Crippen LogP contribution is 2.24. The number of anilines is 1. The molecule has 1 heterocycles. The summed E-state index contributed by atoms with van der Waals surface area (Å²) < 4.78 is 7.45. The van der Waals surface area contributed by atoms with Gasteiger partial charge in [-0.1, -0.05) is 41.9 Å². The summed E-state index contributed by atoms with van der Waals surface area (Å²) in [4.78, 5) is 23.3. The molecule has 8 nitrogen and oxygen atoms in total. The molecule has 0 saturated carbocycles. The smallest absolute Gasteiger partial charge is 0.272 e. The SMILES string of the molecule is Cc1cc(OCc2cccc(C(=O)Nc3ccn(Cc4ccccc4Cl)n3)c2)ccc1[N+](=O)[O-]. The number of aromatic nitrogens is 2. The van der Waals surface area contributed by atoms with Crippen molar-refractivity contribution in [3.63, 3.8) is 0 Å². The van der Waals surface area contributed by atoms with Crippen LogP contribution in [0.4, 0.5) is 11.5 Å². The van der Waals surface area contributed by atoms with Gasteiger partial charge >= 0.3 is 0 Å². The molecule has 1 N–H and O–H groups in total. The Labute approximate surface area is 200 Å². The summed E-state index contributed by atoms with van der Waals surface area (Å²) in [5.74, 6) is 0.651. The van der Waals surface area contributed by atoms with Gasteiger partial charge in [-0.25, -0.2) is 0 Å². The minimum absolute atomic E-state index is 0.0420. The van der Waals surface area contributed by atoms with Gasteiger partial charge in [-0.2, -0.15) is 5.10 Å². The van der Waals surface area contributed by atoms with Crippen LogP contribution in [0.1, 0.15) is 27.0 Å². The van der Waals surface area contributed by atoms with Gasteiger partial charge in [0.2, 0.25) is 0 Å². The molecule has 0 aliphatic rings. The van der Waals surface area contributed by atoms with Crippen molar-refractivity contribution in [2.24, 2.45) is 0 Å². The van der Waals surface area contributed by atoms with Crippen LogP contribution in [-0.2, 0) is 13.2 Å². The van der Waals surface area contributed by atoms with E-state index < -0.39 is 4.92 Å². The zero-order valence-electron chi connectivity index (χ0n) is 18.3. The largest absolute Gasteiger partial charge is 0.489 e. The van der Waals surface area contributed by atoms with Gasteiger partial charge < -0.3 is 10.1 Å². The Balaban J connectivity index is 1.37. The number of halogens is 1. The van der Waals surface area contributed by atoms with Crippen LogP contribution in [0, 0.1) is 17.0 Å². The Morgan fingerprint density at radius 1 is 1.12 bits per heavy atom. The van der Waals surface area contributed by atoms with E-state index in [1.165, 1.54) is 6.07 Å². The standard InChI is InChI=1S/C25H21ClN4O4/c1-17-13-21(9-10-23(17)30(32)33)34-16-18-5-4-7-19(14-18)25(31)27-24-11-12-29(28-24)15-20-6-2-3-8-22(20)26/h2-14H,15-16H2,1H3,(H,27,28,31). The van der Waals surface area contributed by atoms with E-state index in [1.807, 2.05) is 30.3 Å². The first-order chi connectivity index (χ1) is 16.4. The van der Waals surface area contributed by atoms with Crippen LogP contribution >= 0.6 is 11.6 Å². The van der Waals surface area contributed by atoms with Crippen molar-refractivity contribution < 1.29 is 14.5 Å². The molecular weight excluding hydrogens is 456 g/mol. The van der Waals surface area contributed by atoms with Gasteiger partial charge in [-0.15, -0.1) is 0 Å². The quantitative estimate of drug-likeness (QED) is 0.262. The number of hydrogen-bond donors (Lipinski definition) is 1. The van der Waals surface area contributed by atoms with Crippen molar-refractivity contribution in [3.05, 3.63) is 116 Å². The summed E-state index contributed by atoms with van der Waals surface area (Å²) >= 11 is 6.20. The average molecular weight is 477 g/mol. The topological polar surface area (TPSA) is 99.3 Å². The van der Waals surface area contributed by atoms with Gasteiger partial charge in [0.1, 0.15) is 12.4 Å². The Hall–Kier alpha value is -4.17. The van der Waals surface area contributed by atoms with Crippen molar-refractivity contribution in [2.75, 3.05) is 5.32 Å². The molecule has 0 atom stereocenters. The predicted molar refractivity (Wildman–Crippen MR) is 129 cm³/mol. The van der Waals surface area contributed by atoms with Crippen LogP contribution in [0.3, 0.4) is 0 Å². The average Bonchev–Trinajstić information content (AvgIpc) is 3.26. The molecule has 0 spiro atoms. The molecule has 172 valence electrons. The van der Waals surface area contributed by atoms with E-state index in [1.54, 1.807) is 54.2 Å². The fourth-order valence-corrected chi connectivity index (χ4v) is 3.59. The van der Waals surface area contributed by atoms with Gasteiger partial charge in [0.15, 0.2) is 5.82 Å². The van der Waals surface area contributed by atoms with Crippen molar-refractivity contribution in [3.8, 4) is 5.75 Å². The summed E-state index contributed by atoms with van der Waals surface area (Å²) in [6, 6.07) is 20.9. The Bertz CT molecular complexity index is 1350. The molecule has 1 aromatic heterocycles. The molecule has 0 fully saturated rings. The lowest BCUT2D eigenvalue weighted by Gasteiger charge is -2.09. The van der Waals surface area contributed by atoms with E-state index in [4.69, 9.17) is 16.3 Å². The van der Waals surface area contributed by atoms with E-state index in [0.717, 1.165) is 11.1 Å². The molecule has 0 unspecified atom stereocenters.